The van der Waals surface area contributed by atoms with E-state index >= 15 is 0 Å². The molecule has 0 bridgehead atoms. The molecule has 168 valence electrons. The van der Waals surface area contributed by atoms with Crippen LogP contribution in [0.4, 0.5) is 0 Å². The molecule has 0 atom stereocenters. The van der Waals surface area contributed by atoms with Crippen LogP contribution in [0.15, 0.2) is 47.6 Å². The second-order valence-electron chi connectivity index (χ2n) is 8.23. The topological polar surface area (TPSA) is 54.3 Å². The maximum Gasteiger partial charge on any atom is 0.233 e. The second kappa shape index (κ2) is 10.1. The molecule has 1 aliphatic heterocycles. The van der Waals surface area contributed by atoms with Crippen molar-refractivity contribution in [2.75, 3.05) is 31.9 Å². The van der Waals surface area contributed by atoms with Gasteiger partial charge in [-0.05, 0) is 55.7 Å². The number of nitrogens with zero attached hydrogens (tertiary/aromatic N) is 5. The van der Waals surface area contributed by atoms with Crippen LogP contribution < -0.4 is 0 Å². The Morgan fingerprint density at radius 3 is 2.44 bits per heavy atom. The van der Waals surface area contributed by atoms with Gasteiger partial charge in [-0.25, -0.2) is 0 Å². The zero-order chi connectivity index (χ0) is 22.7. The minimum Gasteiger partial charge on any atom is -0.339 e. The second-order valence-corrected chi connectivity index (χ2v) is 9.61. The molecule has 0 unspecified atom stereocenters. The molecular formula is C24H28ClN5OS. The normalized spacial score (nSPS) is 14.7. The quantitative estimate of drug-likeness (QED) is 0.504. The summed E-state index contributed by atoms with van der Waals surface area (Å²) in [4.78, 5) is 17.2. The third kappa shape index (κ3) is 5.34. The van der Waals surface area contributed by atoms with Crippen LogP contribution >= 0.6 is 23.4 Å². The smallest absolute Gasteiger partial charge is 0.233 e. The van der Waals surface area contributed by atoms with E-state index in [1.807, 2.05) is 28.5 Å². The summed E-state index contributed by atoms with van der Waals surface area (Å²) in [6, 6.07) is 14.3. The molecule has 1 amide bonds. The standard InChI is InChI=1S/C24H28ClN5OS/c1-17-4-5-18(2)22(14-17)30-19(3)26-27-24(30)32-16-23(31)29-12-10-28(11-13-29)15-20-6-8-21(25)9-7-20/h4-9,14H,10-13,15-16H2,1-3H3. The number of benzene rings is 2. The minimum atomic E-state index is 0.148. The van der Waals surface area contributed by atoms with E-state index in [4.69, 9.17) is 11.6 Å². The Morgan fingerprint density at radius 1 is 1.00 bits per heavy atom. The fourth-order valence-electron chi connectivity index (χ4n) is 3.90. The van der Waals surface area contributed by atoms with Crippen LogP contribution in [0.1, 0.15) is 22.5 Å². The summed E-state index contributed by atoms with van der Waals surface area (Å²) in [6.07, 6.45) is 0. The average Bonchev–Trinajstić information content (AvgIpc) is 3.16. The first kappa shape index (κ1) is 22.8. The van der Waals surface area contributed by atoms with Crippen molar-refractivity contribution in [2.45, 2.75) is 32.5 Å². The third-order valence-electron chi connectivity index (χ3n) is 5.77. The van der Waals surface area contributed by atoms with Gasteiger partial charge in [0.2, 0.25) is 5.91 Å². The molecule has 2 aromatic carbocycles. The van der Waals surface area contributed by atoms with Crippen molar-refractivity contribution < 1.29 is 4.79 Å². The number of piperazine rings is 1. The van der Waals surface area contributed by atoms with Gasteiger partial charge in [0.25, 0.3) is 0 Å². The Balaban J connectivity index is 1.33. The van der Waals surface area contributed by atoms with Crippen LogP contribution in [0, 0.1) is 20.8 Å². The predicted molar refractivity (Wildman–Crippen MR) is 130 cm³/mol. The maximum atomic E-state index is 12.9. The van der Waals surface area contributed by atoms with E-state index in [1.165, 1.54) is 22.9 Å². The van der Waals surface area contributed by atoms with Crippen molar-refractivity contribution in [3.8, 4) is 5.69 Å². The number of halogens is 1. The van der Waals surface area contributed by atoms with Crippen molar-refractivity contribution >= 4 is 29.3 Å². The Morgan fingerprint density at radius 2 is 1.72 bits per heavy atom. The first-order chi connectivity index (χ1) is 15.4. The number of amides is 1. The highest BCUT2D eigenvalue weighted by atomic mass is 35.5. The number of hydrogen-bond acceptors (Lipinski definition) is 5. The lowest BCUT2D eigenvalue weighted by Gasteiger charge is -2.34. The van der Waals surface area contributed by atoms with E-state index in [-0.39, 0.29) is 5.91 Å². The molecule has 0 saturated carbocycles. The molecule has 2 heterocycles. The Bertz CT molecular complexity index is 1090. The summed E-state index contributed by atoms with van der Waals surface area (Å²) < 4.78 is 2.05. The van der Waals surface area contributed by atoms with Crippen LogP contribution in [-0.2, 0) is 11.3 Å². The molecule has 1 saturated heterocycles. The van der Waals surface area contributed by atoms with Crippen LogP contribution in [0.3, 0.4) is 0 Å². The average molecular weight is 470 g/mol. The van der Waals surface area contributed by atoms with Crippen molar-refractivity contribution in [3.63, 3.8) is 0 Å². The van der Waals surface area contributed by atoms with Gasteiger partial charge >= 0.3 is 0 Å². The first-order valence-corrected chi connectivity index (χ1v) is 12.1. The van der Waals surface area contributed by atoms with Gasteiger partial charge in [-0.1, -0.05) is 47.6 Å². The molecule has 4 rings (SSSR count). The maximum absolute atomic E-state index is 12.9. The molecule has 6 nitrogen and oxygen atoms in total. The summed E-state index contributed by atoms with van der Waals surface area (Å²) >= 11 is 7.43. The zero-order valence-corrected chi connectivity index (χ0v) is 20.3. The van der Waals surface area contributed by atoms with Crippen LogP contribution in [0.5, 0.6) is 0 Å². The summed E-state index contributed by atoms with van der Waals surface area (Å²) in [7, 11) is 0. The number of aryl methyl sites for hydroxylation is 3. The zero-order valence-electron chi connectivity index (χ0n) is 18.7. The van der Waals surface area contributed by atoms with E-state index < -0.39 is 0 Å². The highest BCUT2D eigenvalue weighted by Gasteiger charge is 2.22. The molecule has 0 N–H and O–H groups in total. The fraction of sp³-hybridized carbons (Fsp3) is 0.375. The van der Waals surface area contributed by atoms with E-state index in [0.29, 0.717) is 5.75 Å². The Hall–Kier alpha value is -2.35. The van der Waals surface area contributed by atoms with E-state index in [9.17, 15) is 4.79 Å². The van der Waals surface area contributed by atoms with Gasteiger partial charge in [-0.2, -0.15) is 0 Å². The predicted octanol–water partition coefficient (Wildman–Crippen LogP) is 4.28. The molecule has 0 radical (unpaired) electrons. The molecule has 1 fully saturated rings. The van der Waals surface area contributed by atoms with Gasteiger partial charge < -0.3 is 4.90 Å². The molecule has 32 heavy (non-hydrogen) atoms. The number of carbonyl (C=O) groups excluding carboxylic acids is 1. The Labute approximate surface area is 198 Å². The highest BCUT2D eigenvalue weighted by Crippen LogP contribution is 2.25. The van der Waals surface area contributed by atoms with Crippen molar-refractivity contribution in [3.05, 3.63) is 70.0 Å². The van der Waals surface area contributed by atoms with Gasteiger partial charge in [0.1, 0.15) is 5.82 Å². The molecule has 0 aliphatic carbocycles. The summed E-state index contributed by atoms with van der Waals surface area (Å²) in [5.41, 5.74) is 4.65. The van der Waals surface area contributed by atoms with E-state index in [0.717, 1.165) is 60.0 Å². The summed E-state index contributed by atoms with van der Waals surface area (Å²) in [6.45, 7) is 10.2. The lowest BCUT2D eigenvalue weighted by Crippen LogP contribution is -2.48. The van der Waals surface area contributed by atoms with Crippen molar-refractivity contribution in [1.29, 1.82) is 0 Å². The van der Waals surface area contributed by atoms with E-state index in [1.54, 1.807) is 0 Å². The van der Waals surface area contributed by atoms with Gasteiger partial charge in [0.05, 0.1) is 11.4 Å². The number of rotatable bonds is 6. The lowest BCUT2D eigenvalue weighted by atomic mass is 10.1. The summed E-state index contributed by atoms with van der Waals surface area (Å²) in [5, 5.41) is 10.1. The lowest BCUT2D eigenvalue weighted by molar-refractivity contribution is -0.130. The van der Waals surface area contributed by atoms with Gasteiger partial charge in [-0.3, -0.25) is 14.3 Å². The highest BCUT2D eigenvalue weighted by molar-refractivity contribution is 7.99. The van der Waals surface area contributed by atoms with Gasteiger partial charge in [0, 0.05) is 37.7 Å². The van der Waals surface area contributed by atoms with Gasteiger partial charge in [-0.15, -0.1) is 10.2 Å². The Kier molecular flexibility index (Phi) is 7.18. The number of carbonyl (C=O) groups is 1. The number of thioether (sulfide) groups is 1. The van der Waals surface area contributed by atoms with Crippen LogP contribution in [0.2, 0.25) is 5.02 Å². The number of hydrogen-bond donors (Lipinski definition) is 0. The van der Waals surface area contributed by atoms with Crippen LogP contribution in [-0.4, -0.2) is 62.4 Å². The molecule has 1 aromatic heterocycles. The molecular weight excluding hydrogens is 442 g/mol. The summed E-state index contributed by atoms with van der Waals surface area (Å²) in [5.74, 6) is 1.33. The minimum absolute atomic E-state index is 0.148. The first-order valence-electron chi connectivity index (χ1n) is 10.8. The number of aromatic nitrogens is 3. The molecule has 3 aromatic rings. The largest absolute Gasteiger partial charge is 0.339 e. The van der Waals surface area contributed by atoms with Crippen molar-refractivity contribution in [1.82, 2.24) is 24.6 Å². The van der Waals surface area contributed by atoms with Gasteiger partial charge in [0.15, 0.2) is 5.16 Å². The van der Waals surface area contributed by atoms with Crippen LogP contribution in [0.25, 0.3) is 5.69 Å². The fourth-order valence-corrected chi connectivity index (χ4v) is 4.91. The monoisotopic (exact) mass is 469 g/mol. The van der Waals surface area contributed by atoms with E-state index in [2.05, 4.69) is 59.3 Å². The molecule has 8 heteroatoms. The molecule has 0 spiro atoms. The SMILES string of the molecule is Cc1ccc(C)c(-n2c(C)nnc2SCC(=O)N2CCN(Cc3ccc(Cl)cc3)CC2)c1. The molecule has 1 aliphatic rings. The third-order valence-corrected chi connectivity index (χ3v) is 6.94. The van der Waals surface area contributed by atoms with Crippen molar-refractivity contribution in [2.24, 2.45) is 0 Å².